The number of ether oxygens (including phenoxy) is 2. The van der Waals surface area contributed by atoms with Crippen LogP contribution in [0.5, 0.6) is 0 Å². The van der Waals surface area contributed by atoms with E-state index in [0.29, 0.717) is 43.8 Å². The van der Waals surface area contributed by atoms with E-state index in [0.717, 1.165) is 63.5 Å². The number of ketones is 1. The van der Waals surface area contributed by atoms with Crippen molar-refractivity contribution in [2.75, 3.05) is 26.2 Å². The molecule has 6 aliphatic rings. The smallest absolute Gasteiger partial charge is 0.309 e. The summed E-state index contributed by atoms with van der Waals surface area (Å²) in [4.78, 5) is 66.6. The maximum Gasteiger partial charge on any atom is 0.309 e. The number of carbonyl (C=O) groups is 5. The zero-order valence-corrected chi connectivity index (χ0v) is 37.1. The Morgan fingerprint density at radius 3 is 2.18 bits per heavy atom. The Labute approximate surface area is 342 Å². The Morgan fingerprint density at radius 1 is 0.895 bits per heavy atom. The zero-order valence-electron chi connectivity index (χ0n) is 37.1. The molecule has 1 amide bonds. The number of esters is 2. The number of aliphatic carboxylic acids is 1. The Bertz CT molecular complexity index is 1660. The molecular formula is C47H74N2O8. The van der Waals surface area contributed by atoms with Crippen LogP contribution in [0, 0.1) is 62.1 Å². The highest BCUT2D eigenvalue weighted by molar-refractivity contribution is 6.01. The van der Waals surface area contributed by atoms with Crippen molar-refractivity contribution in [3.8, 4) is 0 Å². The monoisotopic (exact) mass is 795 g/mol. The second-order valence-electron chi connectivity index (χ2n) is 21.8. The molecule has 5 saturated carbocycles. The molecule has 6 rings (SSSR count). The number of nitrogens with zero attached hydrogens (tertiary/aromatic N) is 1. The van der Waals surface area contributed by atoms with Crippen molar-refractivity contribution in [3.05, 3.63) is 11.1 Å². The summed E-state index contributed by atoms with van der Waals surface area (Å²) < 4.78 is 12.6. The van der Waals surface area contributed by atoms with Crippen molar-refractivity contribution in [1.82, 2.24) is 10.2 Å². The lowest BCUT2D eigenvalue weighted by Crippen LogP contribution is -2.66. The van der Waals surface area contributed by atoms with Crippen molar-refractivity contribution in [3.63, 3.8) is 0 Å². The van der Waals surface area contributed by atoms with Gasteiger partial charge in [-0.05, 0) is 135 Å². The predicted molar refractivity (Wildman–Crippen MR) is 219 cm³/mol. The van der Waals surface area contributed by atoms with Crippen molar-refractivity contribution in [2.45, 2.75) is 165 Å². The van der Waals surface area contributed by atoms with E-state index in [9.17, 15) is 29.1 Å². The first-order chi connectivity index (χ1) is 26.4. The molecule has 0 bridgehead atoms. The first-order valence-corrected chi connectivity index (χ1v) is 22.3. The fraction of sp³-hybridized carbons (Fsp3) is 0.851. The normalized spacial score (nSPS) is 36.5. The molecule has 9 atom stereocenters. The van der Waals surface area contributed by atoms with Gasteiger partial charge in [0.15, 0.2) is 5.78 Å². The molecule has 10 nitrogen and oxygen atoms in total. The third-order valence-electron chi connectivity index (χ3n) is 17.2. The molecule has 6 aliphatic carbocycles. The number of allylic oxidation sites excluding steroid dienone is 1. The molecule has 0 aromatic carbocycles. The van der Waals surface area contributed by atoms with Gasteiger partial charge >= 0.3 is 17.9 Å². The number of carboxylic acid groups (broad SMARTS) is 1. The molecule has 10 heteroatoms. The summed E-state index contributed by atoms with van der Waals surface area (Å²) >= 11 is 0. The van der Waals surface area contributed by atoms with Crippen molar-refractivity contribution >= 4 is 29.6 Å². The maximum absolute atomic E-state index is 14.4. The molecule has 1 unspecified atom stereocenters. The van der Waals surface area contributed by atoms with Crippen LogP contribution < -0.4 is 5.32 Å². The van der Waals surface area contributed by atoms with E-state index in [1.165, 1.54) is 32.3 Å². The number of rotatable bonds is 14. The van der Waals surface area contributed by atoms with Crippen LogP contribution in [0.25, 0.3) is 0 Å². The molecule has 2 N–H and O–H groups in total. The van der Waals surface area contributed by atoms with E-state index >= 15 is 0 Å². The summed E-state index contributed by atoms with van der Waals surface area (Å²) in [6.45, 7) is 25.3. The molecular weight excluding hydrogens is 721 g/mol. The quantitative estimate of drug-likeness (QED) is 0.167. The molecule has 0 aromatic heterocycles. The summed E-state index contributed by atoms with van der Waals surface area (Å²) in [5.74, 6) is 0.0963. The number of hydrogen-bond donors (Lipinski definition) is 2. The third kappa shape index (κ3) is 7.65. The molecule has 0 saturated heterocycles. The largest absolute Gasteiger partial charge is 0.481 e. The zero-order chi connectivity index (χ0) is 42.1. The van der Waals surface area contributed by atoms with Gasteiger partial charge in [0.25, 0.3) is 0 Å². The number of nitrogens with one attached hydrogen (secondary N) is 1. The highest BCUT2D eigenvalue weighted by atomic mass is 16.5. The topological polar surface area (TPSA) is 139 Å². The SMILES string of the molecule is CC(=O)NCCN(CC1CC1)C[C@H](OC(C)=O)[C@@]12CC[C@]3(C)[C@H](CC[C@@H]4[C@@]5(C)CCC(OC(=O)CC(C)(C)C(=O)O)C(C)(C)[C@@H]5CC[C@]43C)C1=C(C(C)C)C(=O)C2. The summed E-state index contributed by atoms with van der Waals surface area (Å²) in [6.07, 6.45) is 9.50. The standard InChI is InChI=1S/C47H74N2O8/c1-28(2)39-33(52)24-47(37(56-30(4)51)27-49(26-31-12-13-31)23-22-48-29(3)50)21-20-45(10)32(40(39)47)14-15-35-44(9)18-17-36(57-38(53)25-42(5,6)41(54)55)43(7,8)34(44)16-19-46(35,45)11/h28,31-32,34-37H,12-27H2,1-11H3,(H,48,50)(H,54,55)/t32-,34+,35-,36?,37+,44+,45-,46-,47+/m1/s1. The van der Waals surface area contributed by atoms with Gasteiger partial charge in [-0.3, -0.25) is 28.9 Å². The Morgan fingerprint density at radius 2 is 1.58 bits per heavy atom. The van der Waals surface area contributed by atoms with Crippen LogP contribution in [0.15, 0.2) is 11.1 Å². The average molecular weight is 795 g/mol. The lowest BCUT2D eigenvalue weighted by molar-refractivity contribution is -0.235. The highest BCUT2D eigenvalue weighted by Gasteiger charge is 2.71. The molecule has 0 spiro atoms. The number of carboxylic acids is 1. The number of amides is 1. The number of fused-ring (bicyclic) bond motifs is 7. The predicted octanol–water partition coefficient (Wildman–Crippen LogP) is 8.16. The van der Waals surface area contributed by atoms with Crippen LogP contribution in [-0.2, 0) is 33.4 Å². The van der Waals surface area contributed by atoms with E-state index in [1.807, 2.05) is 0 Å². The molecule has 0 radical (unpaired) electrons. The molecule has 57 heavy (non-hydrogen) atoms. The van der Waals surface area contributed by atoms with E-state index < -0.39 is 28.9 Å². The van der Waals surface area contributed by atoms with Crippen molar-refractivity contribution in [2.24, 2.45) is 62.1 Å². The van der Waals surface area contributed by atoms with Gasteiger partial charge in [-0.1, -0.05) is 48.5 Å². The van der Waals surface area contributed by atoms with Gasteiger partial charge in [0, 0.05) is 57.3 Å². The summed E-state index contributed by atoms with van der Waals surface area (Å²) in [6, 6.07) is 0. The van der Waals surface area contributed by atoms with Gasteiger partial charge in [-0.25, -0.2) is 0 Å². The molecule has 0 heterocycles. The molecule has 0 aromatic rings. The molecule has 5 fully saturated rings. The molecule has 0 aliphatic heterocycles. The number of Topliss-reactive ketones (excluding diaryl/α,β-unsaturated/α-hetero) is 1. The second kappa shape index (κ2) is 15.4. The first kappa shape index (κ1) is 43.8. The van der Waals surface area contributed by atoms with Crippen LogP contribution in [0.1, 0.15) is 153 Å². The minimum Gasteiger partial charge on any atom is -0.481 e. The van der Waals surface area contributed by atoms with E-state index in [1.54, 1.807) is 13.8 Å². The molecule has 320 valence electrons. The van der Waals surface area contributed by atoms with Gasteiger partial charge in [0.05, 0.1) is 11.8 Å². The van der Waals surface area contributed by atoms with Gasteiger partial charge in [0.2, 0.25) is 5.91 Å². The lowest BCUT2D eigenvalue weighted by atomic mass is 9.33. The fourth-order valence-electron chi connectivity index (χ4n) is 14.0. The van der Waals surface area contributed by atoms with Gasteiger partial charge in [-0.15, -0.1) is 0 Å². The fourth-order valence-corrected chi connectivity index (χ4v) is 14.0. The minimum atomic E-state index is -1.18. The van der Waals surface area contributed by atoms with E-state index in [4.69, 9.17) is 9.47 Å². The van der Waals surface area contributed by atoms with Gasteiger partial charge in [0.1, 0.15) is 12.2 Å². The first-order valence-electron chi connectivity index (χ1n) is 22.3. The van der Waals surface area contributed by atoms with E-state index in [-0.39, 0.29) is 63.7 Å². The van der Waals surface area contributed by atoms with Crippen molar-refractivity contribution < 1.29 is 38.6 Å². The summed E-state index contributed by atoms with van der Waals surface area (Å²) in [5, 5.41) is 12.6. The second-order valence-corrected chi connectivity index (χ2v) is 21.8. The minimum absolute atomic E-state index is 0.00640. The summed E-state index contributed by atoms with van der Waals surface area (Å²) in [7, 11) is 0. The maximum atomic E-state index is 14.4. The van der Waals surface area contributed by atoms with E-state index in [2.05, 4.69) is 58.7 Å². The Kier molecular flexibility index (Phi) is 11.8. The highest BCUT2D eigenvalue weighted by Crippen LogP contribution is 2.77. The number of hydrogen-bond acceptors (Lipinski definition) is 8. The van der Waals surface area contributed by atoms with Crippen LogP contribution in [0.3, 0.4) is 0 Å². The Hall–Kier alpha value is -2.75. The number of carbonyl (C=O) groups excluding carboxylic acids is 4. The average Bonchev–Trinajstić information content (AvgIpc) is 3.84. The van der Waals surface area contributed by atoms with Crippen LogP contribution in [0.2, 0.25) is 0 Å². The van der Waals surface area contributed by atoms with Gasteiger partial charge < -0.3 is 19.9 Å². The van der Waals surface area contributed by atoms with Crippen LogP contribution >= 0.6 is 0 Å². The third-order valence-corrected chi connectivity index (χ3v) is 17.2. The van der Waals surface area contributed by atoms with Crippen LogP contribution in [-0.4, -0.2) is 78.0 Å². The summed E-state index contributed by atoms with van der Waals surface area (Å²) in [5.41, 5.74) is 0.238. The lowest BCUT2D eigenvalue weighted by Gasteiger charge is -2.72. The van der Waals surface area contributed by atoms with Gasteiger partial charge in [-0.2, -0.15) is 0 Å². The Balaban J connectivity index is 1.31. The van der Waals surface area contributed by atoms with Crippen LogP contribution in [0.4, 0.5) is 0 Å². The van der Waals surface area contributed by atoms with Crippen molar-refractivity contribution in [1.29, 1.82) is 0 Å².